The topological polar surface area (TPSA) is 48.1 Å². The molecule has 0 bridgehead atoms. The minimum Gasteiger partial charge on any atom is -0.431 e. The Bertz CT molecular complexity index is 427. The molecule has 1 heterocycles. The van der Waals surface area contributed by atoms with Crippen LogP contribution in [0.15, 0.2) is 29.6 Å². The molecular weight excluding hydrogens is 203 g/mol. The highest BCUT2D eigenvalue weighted by atomic mass is 32.1. The van der Waals surface area contributed by atoms with Gasteiger partial charge in [0.25, 0.3) is 5.19 Å². The predicted molar refractivity (Wildman–Crippen MR) is 53.0 cm³/mol. The molecule has 0 amide bonds. The van der Waals surface area contributed by atoms with E-state index in [1.807, 2.05) is 0 Å². The van der Waals surface area contributed by atoms with Crippen LogP contribution in [0.5, 0.6) is 10.9 Å². The van der Waals surface area contributed by atoms with Gasteiger partial charge in [0.2, 0.25) is 0 Å². The first-order valence-electron chi connectivity index (χ1n) is 3.88. The van der Waals surface area contributed by atoms with Crippen LogP contribution < -0.4 is 10.5 Å². The van der Waals surface area contributed by atoms with Gasteiger partial charge in [-0.3, -0.25) is 0 Å². The molecule has 14 heavy (non-hydrogen) atoms. The summed E-state index contributed by atoms with van der Waals surface area (Å²) in [6, 6.07) is 5.72. The van der Waals surface area contributed by atoms with E-state index in [2.05, 4.69) is 4.98 Å². The Kier molecular flexibility index (Phi) is 2.32. The Morgan fingerprint density at radius 2 is 2.00 bits per heavy atom. The first-order chi connectivity index (χ1) is 6.74. The number of nitrogens with two attached hydrogens (primary N) is 1. The molecule has 1 aromatic carbocycles. The van der Waals surface area contributed by atoms with Crippen molar-refractivity contribution in [2.45, 2.75) is 0 Å². The van der Waals surface area contributed by atoms with Gasteiger partial charge in [-0.2, -0.15) is 4.98 Å². The van der Waals surface area contributed by atoms with E-state index >= 15 is 0 Å². The normalized spacial score (nSPS) is 10.1. The number of halogens is 1. The summed E-state index contributed by atoms with van der Waals surface area (Å²) in [5.74, 6) is 0.670. The van der Waals surface area contributed by atoms with Crippen LogP contribution in [0.2, 0.25) is 0 Å². The minimum absolute atomic E-state index is 0.295. The number of nitrogen functional groups attached to an aromatic ring is 1. The van der Waals surface area contributed by atoms with Crippen LogP contribution in [0.4, 0.5) is 10.2 Å². The maximum Gasteiger partial charge on any atom is 0.280 e. The number of nitrogens with zero attached hydrogens (tertiary/aromatic N) is 1. The molecule has 0 spiro atoms. The lowest BCUT2D eigenvalue weighted by molar-refractivity contribution is 0.477. The molecule has 1 aromatic heterocycles. The number of anilines is 1. The molecule has 0 saturated heterocycles. The van der Waals surface area contributed by atoms with E-state index in [1.165, 1.54) is 35.6 Å². The van der Waals surface area contributed by atoms with Crippen molar-refractivity contribution < 1.29 is 9.13 Å². The maximum absolute atomic E-state index is 12.5. The standard InChI is InChI=1S/C9H7FN2OS/c10-6-1-3-7(4-2-6)13-9-12-8(11)5-14-9/h1-5H,11H2. The Balaban J connectivity index is 2.15. The van der Waals surface area contributed by atoms with Gasteiger partial charge in [-0.05, 0) is 24.3 Å². The molecule has 0 aliphatic carbocycles. The SMILES string of the molecule is Nc1csc(Oc2ccc(F)cc2)n1. The third-order valence-corrected chi connectivity index (χ3v) is 2.26. The summed E-state index contributed by atoms with van der Waals surface area (Å²) in [6.07, 6.45) is 0. The van der Waals surface area contributed by atoms with Gasteiger partial charge in [0.15, 0.2) is 0 Å². The minimum atomic E-state index is -0.295. The zero-order valence-electron chi connectivity index (χ0n) is 7.11. The van der Waals surface area contributed by atoms with E-state index < -0.39 is 0 Å². The number of thiazole rings is 1. The first-order valence-corrected chi connectivity index (χ1v) is 4.76. The van der Waals surface area contributed by atoms with Crippen molar-refractivity contribution in [2.24, 2.45) is 0 Å². The van der Waals surface area contributed by atoms with Crippen molar-refractivity contribution in [3.63, 3.8) is 0 Å². The Morgan fingerprint density at radius 3 is 2.57 bits per heavy atom. The summed E-state index contributed by atoms with van der Waals surface area (Å²) in [5.41, 5.74) is 5.42. The fraction of sp³-hybridized carbons (Fsp3) is 0. The molecule has 0 fully saturated rings. The number of ether oxygens (including phenoxy) is 1. The zero-order chi connectivity index (χ0) is 9.97. The average Bonchev–Trinajstić information content (AvgIpc) is 2.56. The van der Waals surface area contributed by atoms with E-state index in [-0.39, 0.29) is 5.82 Å². The van der Waals surface area contributed by atoms with Crippen LogP contribution in [0, 0.1) is 5.82 Å². The van der Waals surface area contributed by atoms with Crippen molar-refractivity contribution in [1.29, 1.82) is 0 Å². The van der Waals surface area contributed by atoms with Crippen LogP contribution in [-0.2, 0) is 0 Å². The summed E-state index contributed by atoms with van der Waals surface area (Å²) >= 11 is 1.30. The van der Waals surface area contributed by atoms with Crippen LogP contribution in [0.1, 0.15) is 0 Å². The van der Waals surface area contributed by atoms with Gasteiger partial charge in [-0.1, -0.05) is 11.3 Å². The van der Waals surface area contributed by atoms with E-state index in [9.17, 15) is 4.39 Å². The van der Waals surface area contributed by atoms with Crippen molar-refractivity contribution in [3.05, 3.63) is 35.5 Å². The molecule has 0 atom stereocenters. The molecule has 2 N–H and O–H groups in total. The fourth-order valence-corrected chi connectivity index (χ4v) is 1.50. The predicted octanol–water partition coefficient (Wildman–Crippen LogP) is 2.66. The van der Waals surface area contributed by atoms with E-state index in [1.54, 1.807) is 5.38 Å². The quantitative estimate of drug-likeness (QED) is 0.828. The van der Waals surface area contributed by atoms with E-state index in [4.69, 9.17) is 10.5 Å². The molecule has 3 nitrogen and oxygen atoms in total. The van der Waals surface area contributed by atoms with Crippen LogP contribution in [0.25, 0.3) is 0 Å². The third-order valence-electron chi connectivity index (χ3n) is 1.52. The average molecular weight is 210 g/mol. The van der Waals surface area contributed by atoms with Crippen molar-refractivity contribution in [3.8, 4) is 10.9 Å². The maximum atomic E-state index is 12.5. The summed E-state index contributed by atoms with van der Waals surface area (Å²) in [4.78, 5) is 3.91. The lowest BCUT2D eigenvalue weighted by atomic mass is 10.3. The zero-order valence-corrected chi connectivity index (χ0v) is 7.92. The summed E-state index contributed by atoms with van der Waals surface area (Å²) in [6.45, 7) is 0. The van der Waals surface area contributed by atoms with Gasteiger partial charge in [0.1, 0.15) is 17.4 Å². The second-order valence-corrected chi connectivity index (χ2v) is 3.41. The molecule has 5 heteroatoms. The molecule has 0 aliphatic rings. The summed E-state index contributed by atoms with van der Waals surface area (Å²) in [5, 5.41) is 2.13. The first kappa shape index (κ1) is 8.96. The monoisotopic (exact) mass is 210 g/mol. The Hall–Kier alpha value is -1.62. The van der Waals surface area contributed by atoms with Gasteiger partial charge < -0.3 is 10.5 Å². The largest absolute Gasteiger partial charge is 0.431 e. The van der Waals surface area contributed by atoms with Crippen LogP contribution >= 0.6 is 11.3 Å². The molecule has 0 unspecified atom stereocenters. The Labute approximate surface area is 84.0 Å². The third kappa shape index (κ3) is 2.00. The lowest BCUT2D eigenvalue weighted by Gasteiger charge is -1.99. The number of aromatic nitrogens is 1. The Morgan fingerprint density at radius 1 is 1.29 bits per heavy atom. The molecule has 0 saturated carbocycles. The second-order valence-electron chi connectivity index (χ2n) is 2.59. The van der Waals surface area contributed by atoms with Crippen molar-refractivity contribution in [2.75, 3.05) is 5.73 Å². The summed E-state index contributed by atoms with van der Waals surface area (Å²) in [7, 11) is 0. The van der Waals surface area contributed by atoms with Crippen molar-refractivity contribution in [1.82, 2.24) is 4.98 Å². The number of hydrogen-bond acceptors (Lipinski definition) is 4. The van der Waals surface area contributed by atoms with Crippen LogP contribution in [-0.4, -0.2) is 4.98 Å². The number of rotatable bonds is 2. The van der Waals surface area contributed by atoms with Gasteiger partial charge in [0, 0.05) is 5.38 Å². The highest BCUT2D eigenvalue weighted by Gasteiger charge is 2.01. The number of hydrogen-bond donors (Lipinski definition) is 1. The van der Waals surface area contributed by atoms with Gasteiger partial charge >= 0.3 is 0 Å². The lowest BCUT2D eigenvalue weighted by Crippen LogP contribution is -1.86. The molecular formula is C9H7FN2OS. The highest BCUT2D eigenvalue weighted by molar-refractivity contribution is 7.11. The molecule has 2 aromatic rings. The molecule has 0 radical (unpaired) electrons. The van der Waals surface area contributed by atoms with Gasteiger partial charge in [-0.25, -0.2) is 4.39 Å². The van der Waals surface area contributed by atoms with Crippen LogP contribution in [0.3, 0.4) is 0 Å². The van der Waals surface area contributed by atoms with Gasteiger partial charge in [0.05, 0.1) is 0 Å². The smallest absolute Gasteiger partial charge is 0.280 e. The highest BCUT2D eigenvalue weighted by Crippen LogP contribution is 2.25. The fourth-order valence-electron chi connectivity index (χ4n) is 0.919. The summed E-state index contributed by atoms with van der Waals surface area (Å²) < 4.78 is 17.9. The molecule has 0 aliphatic heterocycles. The molecule has 72 valence electrons. The number of benzene rings is 1. The molecule has 2 rings (SSSR count). The van der Waals surface area contributed by atoms with E-state index in [0.717, 1.165) is 0 Å². The second kappa shape index (κ2) is 3.63. The van der Waals surface area contributed by atoms with Gasteiger partial charge in [-0.15, -0.1) is 0 Å². The van der Waals surface area contributed by atoms with Crippen molar-refractivity contribution >= 4 is 17.2 Å². The van der Waals surface area contributed by atoms with E-state index in [0.29, 0.717) is 16.8 Å².